The van der Waals surface area contributed by atoms with Crippen molar-refractivity contribution in [2.24, 2.45) is 23.2 Å². The number of methoxy groups -OCH3 is 2. The number of carbonyl (C=O) groups is 3. The highest BCUT2D eigenvalue weighted by Crippen LogP contribution is 2.49. The third kappa shape index (κ3) is 5.39. The number of carboxylic acids is 1. The molecule has 10 heteroatoms. The summed E-state index contributed by atoms with van der Waals surface area (Å²) in [7, 11) is 2.75. The van der Waals surface area contributed by atoms with Crippen molar-refractivity contribution in [3.8, 4) is 11.5 Å². The summed E-state index contributed by atoms with van der Waals surface area (Å²) in [5.41, 5.74) is -0.959. The molecule has 0 saturated heterocycles. The molecule has 220 valence electrons. The first kappa shape index (κ1) is 28.6. The second-order valence-electron chi connectivity index (χ2n) is 12.5. The standard InChI is InChI=1S/C30H41FN2O7/c1-29(9-4-10-29)16-32-27(35)24-17-5-6-18(13-17)25(24)33-26(34)20-14-23(21(31)15-22(20)38-2)40-19-7-11-30(39-3,12-8-19)28(36)37/h14-15,17-19,24-25H,4-13,16H2,1-3H3,(H,32,35)(H,33,34)(H,36,37). The highest BCUT2D eigenvalue weighted by molar-refractivity contribution is 5.98. The van der Waals surface area contributed by atoms with E-state index in [0.717, 1.165) is 38.2 Å². The molecule has 2 bridgehead atoms. The van der Waals surface area contributed by atoms with Crippen molar-refractivity contribution in [3.63, 3.8) is 0 Å². The third-order valence-electron chi connectivity index (χ3n) is 10.1. The van der Waals surface area contributed by atoms with Gasteiger partial charge in [-0.25, -0.2) is 9.18 Å². The summed E-state index contributed by atoms with van der Waals surface area (Å²) < 4.78 is 31.5. The fraction of sp³-hybridized carbons (Fsp3) is 0.700. The Hall–Kier alpha value is -2.88. The lowest BCUT2D eigenvalue weighted by Crippen LogP contribution is -2.51. The van der Waals surface area contributed by atoms with Crippen molar-refractivity contribution in [3.05, 3.63) is 23.5 Å². The highest BCUT2D eigenvalue weighted by Gasteiger charge is 2.52. The Morgan fingerprint density at radius 2 is 1.73 bits per heavy atom. The number of halogens is 1. The molecule has 0 heterocycles. The van der Waals surface area contributed by atoms with Gasteiger partial charge in [-0.3, -0.25) is 9.59 Å². The average molecular weight is 561 g/mol. The molecule has 5 rings (SSSR count). The van der Waals surface area contributed by atoms with E-state index in [4.69, 9.17) is 14.2 Å². The molecular weight excluding hydrogens is 519 g/mol. The van der Waals surface area contributed by atoms with Crippen LogP contribution in [0.5, 0.6) is 11.5 Å². The van der Waals surface area contributed by atoms with Crippen LogP contribution < -0.4 is 20.1 Å². The Morgan fingerprint density at radius 1 is 1.02 bits per heavy atom. The number of aliphatic carboxylic acids is 1. The number of hydrogen-bond acceptors (Lipinski definition) is 6. The highest BCUT2D eigenvalue weighted by atomic mass is 19.1. The van der Waals surface area contributed by atoms with E-state index in [9.17, 15) is 23.9 Å². The van der Waals surface area contributed by atoms with E-state index in [1.165, 1.54) is 26.7 Å². The lowest BCUT2D eigenvalue weighted by atomic mass is 9.70. The van der Waals surface area contributed by atoms with Crippen LogP contribution in [0.1, 0.15) is 81.5 Å². The molecule has 4 fully saturated rings. The average Bonchev–Trinajstić information content (AvgIpc) is 3.54. The minimum atomic E-state index is -1.26. The topological polar surface area (TPSA) is 123 Å². The molecule has 0 radical (unpaired) electrons. The van der Waals surface area contributed by atoms with Gasteiger partial charge in [-0.15, -0.1) is 0 Å². The van der Waals surface area contributed by atoms with Crippen LogP contribution in [0, 0.1) is 29.0 Å². The summed E-state index contributed by atoms with van der Waals surface area (Å²) in [5, 5.41) is 15.8. The second-order valence-corrected chi connectivity index (χ2v) is 12.5. The Kier molecular flexibility index (Phi) is 8.01. The third-order valence-corrected chi connectivity index (χ3v) is 10.1. The molecule has 4 atom stereocenters. The van der Waals surface area contributed by atoms with Crippen molar-refractivity contribution in [1.82, 2.24) is 10.6 Å². The van der Waals surface area contributed by atoms with Gasteiger partial charge in [0.25, 0.3) is 5.91 Å². The van der Waals surface area contributed by atoms with Gasteiger partial charge in [-0.05, 0) is 81.1 Å². The lowest BCUT2D eigenvalue weighted by molar-refractivity contribution is -0.168. The summed E-state index contributed by atoms with van der Waals surface area (Å²) in [6.45, 7) is 2.86. The summed E-state index contributed by atoms with van der Waals surface area (Å²) in [5.74, 6) is -1.94. The number of ether oxygens (including phenoxy) is 3. The summed E-state index contributed by atoms with van der Waals surface area (Å²) in [4.78, 5) is 38.5. The maximum atomic E-state index is 15.0. The van der Waals surface area contributed by atoms with Gasteiger partial charge < -0.3 is 30.0 Å². The van der Waals surface area contributed by atoms with E-state index in [2.05, 4.69) is 17.6 Å². The predicted molar refractivity (Wildman–Crippen MR) is 144 cm³/mol. The van der Waals surface area contributed by atoms with Gasteiger partial charge in [0.2, 0.25) is 5.91 Å². The van der Waals surface area contributed by atoms with Crippen molar-refractivity contribution in [2.45, 2.75) is 88.9 Å². The maximum Gasteiger partial charge on any atom is 0.335 e. The molecule has 40 heavy (non-hydrogen) atoms. The van der Waals surface area contributed by atoms with Gasteiger partial charge in [0, 0.05) is 25.8 Å². The molecule has 0 aliphatic heterocycles. The Balaban J connectivity index is 1.28. The molecular formula is C30H41FN2O7. The van der Waals surface area contributed by atoms with Crippen LogP contribution in [0.25, 0.3) is 0 Å². The molecule has 4 aliphatic carbocycles. The van der Waals surface area contributed by atoms with Crippen LogP contribution >= 0.6 is 0 Å². The minimum absolute atomic E-state index is 0.00603. The van der Waals surface area contributed by atoms with Gasteiger partial charge in [-0.2, -0.15) is 0 Å². The fourth-order valence-electron chi connectivity index (χ4n) is 7.31. The summed E-state index contributed by atoms with van der Waals surface area (Å²) >= 11 is 0. The number of benzene rings is 1. The number of carbonyl (C=O) groups excluding carboxylic acids is 2. The zero-order valence-electron chi connectivity index (χ0n) is 23.6. The molecule has 4 unspecified atom stereocenters. The summed E-state index contributed by atoms with van der Waals surface area (Å²) in [6.07, 6.45) is 7.09. The van der Waals surface area contributed by atoms with Crippen molar-refractivity contribution in [1.29, 1.82) is 0 Å². The molecule has 0 spiro atoms. The second kappa shape index (κ2) is 11.2. The number of nitrogens with one attached hydrogen (secondary N) is 2. The quantitative estimate of drug-likeness (QED) is 0.394. The number of amides is 2. The van der Waals surface area contributed by atoms with Crippen LogP contribution in [-0.4, -0.2) is 61.4 Å². The van der Waals surface area contributed by atoms with Gasteiger partial charge in [0.15, 0.2) is 17.2 Å². The number of hydrogen-bond donors (Lipinski definition) is 3. The minimum Gasteiger partial charge on any atom is -0.496 e. The monoisotopic (exact) mass is 560 g/mol. The lowest BCUT2D eigenvalue weighted by Gasteiger charge is -2.39. The van der Waals surface area contributed by atoms with Gasteiger partial charge in [0.1, 0.15) is 5.75 Å². The van der Waals surface area contributed by atoms with E-state index >= 15 is 0 Å². The zero-order valence-corrected chi connectivity index (χ0v) is 23.6. The largest absolute Gasteiger partial charge is 0.496 e. The van der Waals surface area contributed by atoms with Gasteiger partial charge in [-0.1, -0.05) is 13.3 Å². The maximum absolute atomic E-state index is 15.0. The molecule has 1 aromatic carbocycles. The van der Waals surface area contributed by atoms with Crippen LogP contribution in [0.4, 0.5) is 4.39 Å². The van der Waals surface area contributed by atoms with Crippen molar-refractivity contribution < 1.29 is 38.1 Å². The normalized spacial score (nSPS) is 32.1. The van der Waals surface area contributed by atoms with E-state index in [0.29, 0.717) is 19.4 Å². The van der Waals surface area contributed by atoms with Crippen LogP contribution in [-0.2, 0) is 14.3 Å². The molecule has 4 saturated carbocycles. The number of carboxylic acid groups (broad SMARTS) is 1. The van der Waals surface area contributed by atoms with E-state index in [1.54, 1.807) is 0 Å². The van der Waals surface area contributed by atoms with Crippen LogP contribution in [0.2, 0.25) is 0 Å². The molecule has 1 aromatic rings. The predicted octanol–water partition coefficient (Wildman–Crippen LogP) is 4.08. The van der Waals surface area contributed by atoms with Gasteiger partial charge in [0.05, 0.1) is 24.7 Å². The first-order valence-electron chi connectivity index (χ1n) is 14.5. The van der Waals surface area contributed by atoms with Crippen LogP contribution in [0.15, 0.2) is 12.1 Å². The number of fused-ring (bicyclic) bond motifs is 2. The zero-order chi connectivity index (χ0) is 28.7. The molecule has 3 N–H and O–H groups in total. The SMILES string of the molecule is COc1cc(F)c(OC2CCC(OC)(C(=O)O)CC2)cc1C(=O)NC1C2CCC(C2)C1C(=O)NCC1(C)CCC1. The van der Waals surface area contributed by atoms with Crippen molar-refractivity contribution in [2.75, 3.05) is 20.8 Å². The van der Waals surface area contributed by atoms with Gasteiger partial charge >= 0.3 is 5.97 Å². The van der Waals surface area contributed by atoms with E-state index < -0.39 is 29.4 Å². The smallest absolute Gasteiger partial charge is 0.335 e. The molecule has 9 nitrogen and oxygen atoms in total. The van der Waals surface area contributed by atoms with E-state index in [1.807, 2.05) is 0 Å². The molecule has 2 amide bonds. The number of rotatable bonds is 10. The fourth-order valence-corrected chi connectivity index (χ4v) is 7.31. The summed E-state index contributed by atoms with van der Waals surface area (Å²) in [6, 6.07) is 2.18. The van der Waals surface area contributed by atoms with Crippen LogP contribution in [0.3, 0.4) is 0 Å². The Bertz CT molecular complexity index is 1150. The Morgan fingerprint density at radius 3 is 2.33 bits per heavy atom. The van der Waals surface area contributed by atoms with E-state index in [-0.39, 0.29) is 65.0 Å². The Labute approximate surface area is 234 Å². The molecule has 4 aliphatic rings. The molecule has 0 aromatic heterocycles. The first-order valence-corrected chi connectivity index (χ1v) is 14.5. The first-order chi connectivity index (χ1) is 19.1. The van der Waals surface area contributed by atoms with Crippen molar-refractivity contribution >= 4 is 17.8 Å².